The second-order valence-electron chi connectivity index (χ2n) is 11.5. The van der Waals surface area contributed by atoms with Gasteiger partial charge >= 0.3 is 0 Å². The Morgan fingerprint density at radius 3 is 2.45 bits per heavy atom. The molecule has 2 N–H and O–H groups in total. The molecule has 0 aromatic carbocycles. The average molecular weight is 452 g/mol. The molecule has 1 aromatic rings. The summed E-state index contributed by atoms with van der Waals surface area (Å²) in [7, 11) is 0. The molecule has 8 nitrogen and oxygen atoms in total. The van der Waals surface area contributed by atoms with E-state index in [4.69, 9.17) is 0 Å². The van der Waals surface area contributed by atoms with Crippen molar-refractivity contribution in [3.8, 4) is 6.07 Å². The van der Waals surface area contributed by atoms with Crippen LogP contribution in [0.3, 0.4) is 0 Å². The summed E-state index contributed by atoms with van der Waals surface area (Å²) < 4.78 is 0. The zero-order valence-electron chi connectivity index (χ0n) is 19.6. The normalized spacial score (nSPS) is 41.5. The van der Waals surface area contributed by atoms with E-state index in [1.54, 1.807) is 0 Å². The Kier molecular flexibility index (Phi) is 5.64. The van der Waals surface area contributed by atoms with Crippen LogP contribution < -0.4 is 5.32 Å². The second kappa shape index (κ2) is 8.65. The van der Waals surface area contributed by atoms with Crippen molar-refractivity contribution < 1.29 is 4.79 Å². The summed E-state index contributed by atoms with van der Waals surface area (Å²) in [5.41, 5.74) is -0.0398. The molecule has 2 heterocycles. The number of hydrogen-bond acceptors (Lipinski definition) is 6. The van der Waals surface area contributed by atoms with Crippen LogP contribution in [0, 0.1) is 40.9 Å². The van der Waals surface area contributed by atoms with E-state index in [1.807, 2.05) is 4.90 Å². The summed E-state index contributed by atoms with van der Waals surface area (Å²) in [6, 6.07) is 2.43. The fourth-order valence-electron chi connectivity index (χ4n) is 8.69. The zero-order valence-corrected chi connectivity index (χ0v) is 19.6. The largest absolute Gasteiger partial charge is 0.322 e. The lowest BCUT2D eigenvalue weighted by Crippen LogP contribution is -2.56. The smallest absolute Gasteiger partial charge is 0.237 e. The average Bonchev–Trinajstić information content (AvgIpc) is 3.23. The SMILES string of the molecule is N#C[C@@H]1C[C@@H]2C[C@@H]2N1C(=O)CNCCC1(c2nn[nH]n2)C2CCCCC2CC2CCCCC21. The molecule has 178 valence electrons. The number of carbonyl (C=O) groups is 1. The van der Waals surface area contributed by atoms with E-state index in [-0.39, 0.29) is 17.4 Å². The van der Waals surface area contributed by atoms with Gasteiger partial charge in [0, 0.05) is 11.5 Å². The number of amides is 1. The molecule has 0 radical (unpaired) electrons. The fraction of sp³-hybridized carbons (Fsp3) is 0.880. The van der Waals surface area contributed by atoms with Crippen LogP contribution in [0.1, 0.15) is 82.9 Å². The summed E-state index contributed by atoms with van der Waals surface area (Å²) in [4.78, 5) is 14.8. The quantitative estimate of drug-likeness (QED) is 0.644. The maximum absolute atomic E-state index is 12.9. The van der Waals surface area contributed by atoms with Gasteiger partial charge in [0.05, 0.1) is 12.6 Å². The highest BCUT2D eigenvalue weighted by molar-refractivity contribution is 5.80. The Morgan fingerprint density at radius 2 is 1.79 bits per heavy atom. The Hall–Kier alpha value is -2.01. The Bertz CT molecular complexity index is 873. The molecule has 1 aromatic heterocycles. The first-order valence-electron chi connectivity index (χ1n) is 13.4. The lowest BCUT2D eigenvalue weighted by atomic mass is 9.46. The Balaban J connectivity index is 1.20. The van der Waals surface area contributed by atoms with Crippen LogP contribution in [0.2, 0.25) is 0 Å². The van der Waals surface area contributed by atoms with Gasteiger partial charge in [-0.1, -0.05) is 43.7 Å². The van der Waals surface area contributed by atoms with E-state index in [0.717, 1.165) is 43.5 Å². The number of nitriles is 1. The molecular formula is C25H37N7O. The monoisotopic (exact) mass is 451 g/mol. The second-order valence-corrected chi connectivity index (χ2v) is 11.5. The summed E-state index contributed by atoms with van der Waals surface area (Å²) in [6.07, 6.45) is 14.8. The van der Waals surface area contributed by atoms with Gasteiger partial charge in [0.1, 0.15) is 6.04 Å². The first-order valence-corrected chi connectivity index (χ1v) is 13.4. The number of fused-ring (bicyclic) bond motifs is 3. The number of hydrogen-bond donors (Lipinski definition) is 2. The van der Waals surface area contributed by atoms with E-state index in [9.17, 15) is 10.1 Å². The van der Waals surface area contributed by atoms with E-state index in [2.05, 4.69) is 32.0 Å². The number of nitrogens with one attached hydrogen (secondary N) is 2. The zero-order chi connectivity index (χ0) is 22.4. The van der Waals surface area contributed by atoms with Crippen molar-refractivity contribution in [3.05, 3.63) is 5.82 Å². The first kappa shape index (κ1) is 21.5. The van der Waals surface area contributed by atoms with Crippen LogP contribution in [0.5, 0.6) is 0 Å². The number of piperidine rings is 1. The number of aromatic nitrogens is 4. The molecule has 1 saturated heterocycles. The molecule has 5 aliphatic rings. The van der Waals surface area contributed by atoms with Gasteiger partial charge in [-0.3, -0.25) is 4.79 Å². The molecule has 4 saturated carbocycles. The molecule has 1 amide bonds. The van der Waals surface area contributed by atoms with Crippen molar-refractivity contribution in [2.45, 2.75) is 94.5 Å². The Labute approximate surface area is 196 Å². The molecule has 7 atom stereocenters. The third-order valence-corrected chi connectivity index (χ3v) is 10.0. The van der Waals surface area contributed by atoms with E-state index in [1.165, 1.54) is 57.8 Å². The highest BCUT2D eigenvalue weighted by Crippen LogP contribution is 2.60. The van der Waals surface area contributed by atoms with Crippen molar-refractivity contribution in [3.63, 3.8) is 0 Å². The molecule has 0 bridgehead atoms. The highest BCUT2D eigenvalue weighted by Gasteiger charge is 2.58. The van der Waals surface area contributed by atoms with Crippen molar-refractivity contribution >= 4 is 5.91 Å². The van der Waals surface area contributed by atoms with E-state index in [0.29, 0.717) is 30.3 Å². The molecule has 1 aliphatic heterocycles. The van der Waals surface area contributed by atoms with Gasteiger partial charge in [-0.15, -0.1) is 10.2 Å². The van der Waals surface area contributed by atoms with Crippen LogP contribution in [-0.4, -0.2) is 56.6 Å². The van der Waals surface area contributed by atoms with Crippen LogP contribution >= 0.6 is 0 Å². The van der Waals surface area contributed by atoms with Gasteiger partial charge in [-0.2, -0.15) is 10.5 Å². The number of carbonyl (C=O) groups excluding carboxylic acids is 1. The summed E-state index contributed by atoms with van der Waals surface area (Å²) in [5, 5.41) is 28.9. The molecule has 8 heteroatoms. The van der Waals surface area contributed by atoms with Gasteiger partial charge in [0.25, 0.3) is 0 Å². The van der Waals surface area contributed by atoms with Crippen LogP contribution in [0.4, 0.5) is 0 Å². The number of rotatable bonds is 6. The predicted octanol–water partition coefficient (Wildman–Crippen LogP) is 2.95. The van der Waals surface area contributed by atoms with E-state index >= 15 is 0 Å². The fourth-order valence-corrected chi connectivity index (χ4v) is 8.69. The minimum Gasteiger partial charge on any atom is -0.322 e. The third-order valence-electron chi connectivity index (χ3n) is 10.0. The van der Waals surface area contributed by atoms with Crippen molar-refractivity contribution in [2.75, 3.05) is 13.1 Å². The van der Waals surface area contributed by atoms with Crippen molar-refractivity contribution in [2.24, 2.45) is 29.6 Å². The van der Waals surface area contributed by atoms with Gasteiger partial charge in [-0.25, -0.2) is 0 Å². The minimum absolute atomic E-state index is 0.0398. The highest BCUT2D eigenvalue weighted by atomic mass is 16.2. The molecule has 5 fully saturated rings. The predicted molar refractivity (Wildman–Crippen MR) is 122 cm³/mol. The van der Waals surface area contributed by atoms with Crippen LogP contribution in [-0.2, 0) is 10.2 Å². The third kappa shape index (κ3) is 3.58. The summed E-state index contributed by atoms with van der Waals surface area (Å²) in [5.74, 6) is 4.36. The lowest BCUT2D eigenvalue weighted by molar-refractivity contribution is -0.131. The molecule has 6 rings (SSSR count). The van der Waals surface area contributed by atoms with Gasteiger partial charge in [-0.05, 0) is 74.7 Å². The first-order chi connectivity index (χ1) is 16.2. The van der Waals surface area contributed by atoms with Crippen LogP contribution in [0.15, 0.2) is 0 Å². The number of H-pyrrole nitrogens is 1. The topological polar surface area (TPSA) is 111 Å². The number of aromatic amines is 1. The maximum atomic E-state index is 12.9. The summed E-state index contributed by atoms with van der Waals surface area (Å²) in [6.45, 7) is 1.11. The molecule has 33 heavy (non-hydrogen) atoms. The minimum atomic E-state index is -0.224. The van der Waals surface area contributed by atoms with Gasteiger partial charge < -0.3 is 10.2 Å². The molecule has 4 aliphatic carbocycles. The maximum Gasteiger partial charge on any atom is 0.237 e. The van der Waals surface area contributed by atoms with Crippen molar-refractivity contribution in [1.82, 2.24) is 30.8 Å². The van der Waals surface area contributed by atoms with Gasteiger partial charge in [0.15, 0.2) is 5.82 Å². The molecule has 4 unspecified atom stereocenters. The van der Waals surface area contributed by atoms with E-state index < -0.39 is 0 Å². The Morgan fingerprint density at radius 1 is 1.06 bits per heavy atom. The molecule has 0 spiro atoms. The van der Waals surface area contributed by atoms with Crippen LogP contribution in [0.25, 0.3) is 0 Å². The molecular weight excluding hydrogens is 414 g/mol. The number of likely N-dealkylation sites (tertiary alicyclic amines) is 1. The number of nitrogens with zero attached hydrogens (tertiary/aromatic N) is 5. The van der Waals surface area contributed by atoms with Crippen molar-refractivity contribution in [1.29, 1.82) is 5.26 Å². The van der Waals surface area contributed by atoms with Gasteiger partial charge in [0.2, 0.25) is 5.91 Å². The lowest BCUT2D eigenvalue weighted by Gasteiger charge is -2.58. The number of tetrazole rings is 1. The standard InChI is InChI=1S/C25H37N7O/c26-14-19-12-18-13-22(18)32(19)23(33)15-27-10-9-25(24-28-30-31-29-24)20-7-3-1-5-16(20)11-17-6-2-4-8-21(17)25/h16-22,27H,1-13,15H2,(H,28,29,30,31)/t16?,17?,18-,19+,20?,21?,22+,25?/m1/s1. The summed E-state index contributed by atoms with van der Waals surface area (Å²) >= 11 is 0.